The van der Waals surface area contributed by atoms with Crippen LogP contribution in [0.5, 0.6) is 0 Å². The van der Waals surface area contributed by atoms with E-state index in [1.54, 1.807) is 0 Å². The first kappa shape index (κ1) is 12.0. The van der Waals surface area contributed by atoms with Gasteiger partial charge in [0.15, 0.2) is 0 Å². The van der Waals surface area contributed by atoms with E-state index >= 15 is 0 Å². The summed E-state index contributed by atoms with van der Waals surface area (Å²) < 4.78 is 0. The zero-order chi connectivity index (χ0) is 11.3. The number of hydrogen-bond acceptors (Lipinski definition) is 3. The smallest absolute Gasteiger partial charge is 0.258 e. The molecule has 6 heteroatoms. The summed E-state index contributed by atoms with van der Waals surface area (Å²) in [6.45, 7) is 0. The van der Waals surface area contributed by atoms with Crippen LogP contribution < -0.4 is 0 Å². The molecule has 0 aliphatic heterocycles. The van der Waals surface area contributed by atoms with Gasteiger partial charge in [-0.25, -0.2) is 4.98 Å². The molecule has 1 rings (SSSR count). The number of pyridine rings is 1. The van der Waals surface area contributed by atoms with Crippen molar-refractivity contribution in [2.24, 2.45) is 0 Å². The minimum absolute atomic E-state index is 0.119. The van der Waals surface area contributed by atoms with Gasteiger partial charge in [-0.1, -0.05) is 39.4 Å². The van der Waals surface area contributed by atoms with Crippen molar-refractivity contribution < 1.29 is 4.92 Å². The number of nitrogens with zero attached hydrogens (tertiary/aromatic N) is 2. The Labute approximate surface area is 99.9 Å². The highest BCUT2D eigenvalue weighted by Crippen LogP contribution is 2.21. The molecular weight excluding hydrogens is 283 g/mol. The van der Waals surface area contributed by atoms with Gasteiger partial charge in [0.25, 0.3) is 0 Å². The number of nitro groups is 1. The van der Waals surface area contributed by atoms with Crippen molar-refractivity contribution in [3.8, 4) is 11.8 Å². The van der Waals surface area contributed by atoms with Crippen LogP contribution in [0.1, 0.15) is 12.0 Å². The van der Waals surface area contributed by atoms with Crippen LogP contribution in [-0.2, 0) is 0 Å². The number of hydrogen-bond donors (Lipinski definition) is 0. The van der Waals surface area contributed by atoms with E-state index in [9.17, 15) is 10.1 Å². The third-order valence-electron chi connectivity index (χ3n) is 1.47. The van der Waals surface area contributed by atoms with Crippen LogP contribution in [0.4, 0.5) is 5.69 Å². The van der Waals surface area contributed by atoms with Gasteiger partial charge >= 0.3 is 5.69 Å². The molecule has 0 saturated carbocycles. The van der Waals surface area contributed by atoms with Gasteiger partial charge in [-0.3, -0.25) is 10.1 Å². The van der Waals surface area contributed by atoms with Gasteiger partial charge < -0.3 is 0 Å². The van der Waals surface area contributed by atoms with Gasteiger partial charge in [-0.05, 0) is 0 Å². The zero-order valence-electron chi connectivity index (χ0n) is 7.54. The molecule has 0 radical (unpaired) electrons. The van der Waals surface area contributed by atoms with Crippen molar-refractivity contribution >= 4 is 33.2 Å². The molecule has 0 N–H and O–H groups in total. The SMILES string of the molecule is O=[N+]([O-])c1cc(C#CCCBr)cnc1Cl. The van der Waals surface area contributed by atoms with E-state index in [0.29, 0.717) is 12.0 Å². The van der Waals surface area contributed by atoms with Crippen LogP contribution in [-0.4, -0.2) is 15.2 Å². The molecule has 1 aromatic heterocycles. The maximum Gasteiger partial charge on any atom is 0.307 e. The molecular formula is C9H6BrClN2O2. The fraction of sp³-hybridized carbons (Fsp3) is 0.222. The summed E-state index contributed by atoms with van der Waals surface area (Å²) in [6.07, 6.45) is 2.09. The first-order valence-electron chi connectivity index (χ1n) is 4.00. The summed E-state index contributed by atoms with van der Waals surface area (Å²) in [5.74, 6) is 5.60. The van der Waals surface area contributed by atoms with Gasteiger partial charge in [0.05, 0.1) is 4.92 Å². The van der Waals surface area contributed by atoms with Gasteiger partial charge in [-0.2, -0.15) is 0 Å². The van der Waals surface area contributed by atoms with Gasteiger partial charge in [-0.15, -0.1) is 0 Å². The Bertz CT molecular complexity index is 439. The molecule has 0 bridgehead atoms. The van der Waals surface area contributed by atoms with Crippen LogP contribution in [0.15, 0.2) is 12.3 Å². The molecule has 0 fully saturated rings. The molecule has 4 nitrogen and oxygen atoms in total. The van der Waals surface area contributed by atoms with Crippen LogP contribution in [0.25, 0.3) is 0 Å². The van der Waals surface area contributed by atoms with Crippen molar-refractivity contribution in [3.63, 3.8) is 0 Å². The van der Waals surface area contributed by atoms with Crippen LogP contribution in [0.3, 0.4) is 0 Å². The lowest BCUT2D eigenvalue weighted by Gasteiger charge is -1.94. The molecule has 0 unspecified atom stereocenters. The molecule has 0 saturated heterocycles. The third kappa shape index (κ3) is 3.50. The quantitative estimate of drug-likeness (QED) is 0.276. The predicted octanol–water partition coefficient (Wildman–Crippen LogP) is 2.78. The van der Waals surface area contributed by atoms with E-state index in [-0.39, 0.29) is 10.8 Å². The molecule has 0 atom stereocenters. The molecule has 0 aliphatic rings. The second-order valence-electron chi connectivity index (χ2n) is 2.53. The molecule has 78 valence electrons. The predicted molar refractivity (Wildman–Crippen MR) is 61.2 cm³/mol. The summed E-state index contributed by atoms with van der Waals surface area (Å²) in [7, 11) is 0. The summed E-state index contributed by atoms with van der Waals surface area (Å²) in [5.41, 5.74) is 0.273. The first-order chi connectivity index (χ1) is 7.15. The highest BCUT2D eigenvalue weighted by Gasteiger charge is 2.13. The number of rotatable bonds is 2. The largest absolute Gasteiger partial charge is 0.307 e. The molecule has 1 aromatic rings. The van der Waals surface area contributed by atoms with Crippen molar-refractivity contribution in [3.05, 3.63) is 33.1 Å². The molecule has 0 aromatic carbocycles. The zero-order valence-corrected chi connectivity index (χ0v) is 9.88. The summed E-state index contributed by atoms with van der Waals surface area (Å²) in [5, 5.41) is 11.2. The Morgan fingerprint density at radius 2 is 2.40 bits per heavy atom. The van der Waals surface area contributed by atoms with E-state index in [1.807, 2.05) is 0 Å². The fourth-order valence-electron chi connectivity index (χ4n) is 0.845. The maximum atomic E-state index is 10.5. The summed E-state index contributed by atoms with van der Waals surface area (Å²) in [6, 6.07) is 1.32. The topological polar surface area (TPSA) is 56.0 Å². The lowest BCUT2D eigenvalue weighted by Crippen LogP contribution is -1.92. The van der Waals surface area contributed by atoms with Crippen LogP contribution >= 0.6 is 27.5 Å². The standard InChI is InChI=1S/C9H6BrClN2O2/c10-4-2-1-3-7-5-8(13(14)15)9(11)12-6-7/h5-6H,2,4H2. The van der Waals surface area contributed by atoms with Crippen molar-refractivity contribution in [1.82, 2.24) is 4.98 Å². The number of halogens is 2. The minimum Gasteiger partial charge on any atom is -0.258 e. The molecule has 0 aliphatic carbocycles. The van der Waals surface area contributed by atoms with Gasteiger partial charge in [0.2, 0.25) is 5.15 Å². The second kappa shape index (κ2) is 5.69. The number of alkyl halides is 1. The molecule has 0 spiro atoms. The fourth-order valence-corrected chi connectivity index (χ4v) is 1.22. The highest BCUT2D eigenvalue weighted by molar-refractivity contribution is 9.09. The summed E-state index contributed by atoms with van der Waals surface area (Å²) in [4.78, 5) is 13.6. The van der Waals surface area contributed by atoms with Crippen molar-refractivity contribution in [2.45, 2.75) is 6.42 Å². The van der Waals surface area contributed by atoms with Crippen LogP contribution in [0, 0.1) is 22.0 Å². The summed E-state index contributed by atoms with van der Waals surface area (Å²) >= 11 is 8.77. The normalized spacial score (nSPS) is 9.20. The van der Waals surface area contributed by atoms with Crippen LogP contribution in [0.2, 0.25) is 5.15 Å². The van der Waals surface area contributed by atoms with Gasteiger partial charge in [0.1, 0.15) is 0 Å². The lowest BCUT2D eigenvalue weighted by molar-refractivity contribution is -0.385. The Kier molecular flexibility index (Phi) is 4.53. The van der Waals surface area contributed by atoms with Crippen molar-refractivity contribution in [2.75, 3.05) is 5.33 Å². The molecule has 1 heterocycles. The number of aromatic nitrogens is 1. The van der Waals surface area contributed by atoms with E-state index in [1.165, 1.54) is 12.3 Å². The maximum absolute atomic E-state index is 10.5. The van der Waals surface area contributed by atoms with Crippen molar-refractivity contribution in [1.29, 1.82) is 0 Å². The second-order valence-corrected chi connectivity index (χ2v) is 3.68. The Morgan fingerprint density at radius 1 is 1.67 bits per heavy atom. The highest BCUT2D eigenvalue weighted by atomic mass is 79.9. The Hall–Kier alpha value is -1.12. The first-order valence-corrected chi connectivity index (χ1v) is 5.50. The molecule has 0 amide bonds. The minimum atomic E-state index is -0.578. The van der Waals surface area contributed by atoms with E-state index in [2.05, 4.69) is 32.8 Å². The van der Waals surface area contributed by atoms with E-state index < -0.39 is 4.92 Å². The Morgan fingerprint density at radius 3 is 3.00 bits per heavy atom. The van der Waals surface area contributed by atoms with Gasteiger partial charge in [0, 0.05) is 29.6 Å². The Balaban J connectivity index is 2.99. The monoisotopic (exact) mass is 288 g/mol. The lowest BCUT2D eigenvalue weighted by atomic mass is 10.2. The molecule has 15 heavy (non-hydrogen) atoms. The van der Waals surface area contributed by atoms with E-state index in [4.69, 9.17) is 11.6 Å². The average molecular weight is 290 g/mol. The third-order valence-corrected chi connectivity index (χ3v) is 2.16. The van der Waals surface area contributed by atoms with E-state index in [0.717, 1.165) is 5.33 Å². The average Bonchev–Trinajstić information content (AvgIpc) is 2.20.